The molecular weight excluding hydrogens is 387 g/mol. The number of hydrogen-bond acceptors (Lipinski definition) is 5. The first-order valence-corrected chi connectivity index (χ1v) is 9.13. The average Bonchev–Trinajstić information content (AvgIpc) is 2.64. The van der Waals surface area contributed by atoms with Crippen LogP contribution in [0.2, 0.25) is 0 Å². The van der Waals surface area contributed by atoms with E-state index in [1.54, 1.807) is 0 Å². The molecule has 2 aromatic carbocycles. The normalized spacial score (nSPS) is 11.9. The fourth-order valence-electron chi connectivity index (χ4n) is 2.11. The van der Waals surface area contributed by atoms with Gasteiger partial charge < -0.3 is 14.2 Å². The molecule has 10 heteroatoms. The molecule has 0 saturated carbocycles. The summed E-state index contributed by atoms with van der Waals surface area (Å²) < 4.78 is 78.3. The molecule has 0 aliphatic heterocycles. The van der Waals surface area contributed by atoms with E-state index >= 15 is 0 Å². The van der Waals surface area contributed by atoms with Crippen molar-refractivity contribution >= 4 is 10.0 Å². The third-order valence-electron chi connectivity index (χ3n) is 3.46. The van der Waals surface area contributed by atoms with Crippen molar-refractivity contribution in [2.24, 2.45) is 0 Å². The van der Waals surface area contributed by atoms with E-state index in [2.05, 4.69) is 9.46 Å². The molecule has 6 nitrogen and oxygen atoms in total. The molecule has 0 atom stereocenters. The van der Waals surface area contributed by atoms with Gasteiger partial charge in [0.05, 0.1) is 19.1 Å². The lowest BCUT2D eigenvalue weighted by atomic mass is 10.2. The molecule has 0 heterocycles. The summed E-state index contributed by atoms with van der Waals surface area (Å²) in [5, 5.41) is 0. The van der Waals surface area contributed by atoms with Gasteiger partial charge in [0.2, 0.25) is 10.0 Å². The lowest BCUT2D eigenvalue weighted by Gasteiger charge is -2.12. The molecule has 148 valence electrons. The van der Waals surface area contributed by atoms with Crippen molar-refractivity contribution in [1.29, 1.82) is 0 Å². The fraction of sp³-hybridized carbons (Fsp3) is 0.294. The molecule has 0 unspecified atom stereocenters. The van der Waals surface area contributed by atoms with Crippen molar-refractivity contribution in [2.45, 2.75) is 17.6 Å². The van der Waals surface area contributed by atoms with E-state index in [0.29, 0.717) is 11.3 Å². The van der Waals surface area contributed by atoms with Gasteiger partial charge in [-0.2, -0.15) is 13.2 Å². The van der Waals surface area contributed by atoms with Crippen molar-refractivity contribution in [3.63, 3.8) is 0 Å². The summed E-state index contributed by atoms with van der Waals surface area (Å²) in [5.74, 6) is 0.705. The zero-order chi connectivity index (χ0) is 20.1. The molecule has 1 N–H and O–H groups in total. The second kappa shape index (κ2) is 8.49. The highest BCUT2D eigenvalue weighted by molar-refractivity contribution is 7.89. The second-order valence-electron chi connectivity index (χ2n) is 5.39. The Morgan fingerprint density at radius 3 is 2.15 bits per heavy atom. The van der Waals surface area contributed by atoms with Gasteiger partial charge in [-0.05, 0) is 29.8 Å². The molecule has 0 fully saturated rings. The quantitative estimate of drug-likeness (QED) is 0.731. The highest BCUT2D eigenvalue weighted by Crippen LogP contribution is 2.29. The maximum atomic E-state index is 12.4. The smallest absolute Gasteiger partial charge is 0.422 e. The monoisotopic (exact) mass is 405 g/mol. The van der Waals surface area contributed by atoms with Gasteiger partial charge in [-0.3, -0.25) is 0 Å². The molecule has 27 heavy (non-hydrogen) atoms. The Morgan fingerprint density at radius 2 is 1.59 bits per heavy atom. The molecule has 0 aromatic heterocycles. The summed E-state index contributed by atoms with van der Waals surface area (Å²) in [6, 6.07) is 9.80. The Labute approximate surface area is 154 Å². The van der Waals surface area contributed by atoms with E-state index in [1.165, 1.54) is 56.7 Å². The Hall–Kier alpha value is -2.46. The Balaban J connectivity index is 2.03. The third kappa shape index (κ3) is 6.04. The third-order valence-corrected chi connectivity index (χ3v) is 4.86. The van der Waals surface area contributed by atoms with Gasteiger partial charge in [0, 0.05) is 12.6 Å². The summed E-state index contributed by atoms with van der Waals surface area (Å²) in [6.07, 6.45) is -4.42. The van der Waals surface area contributed by atoms with Gasteiger partial charge in [-0.15, -0.1) is 0 Å². The maximum Gasteiger partial charge on any atom is 0.422 e. The topological polar surface area (TPSA) is 73.9 Å². The molecule has 0 spiro atoms. The zero-order valence-electron chi connectivity index (χ0n) is 14.5. The van der Waals surface area contributed by atoms with Gasteiger partial charge in [0.1, 0.15) is 5.75 Å². The number of methoxy groups -OCH3 is 2. The molecule has 0 bridgehead atoms. The number of nitrogens with one attached hydrogen (secondary N) is 1. The first-order valence-electron chi connectivity index (χ1n) is 7.65. The Morgan fingerprint density at radius 1 is 0.963 bits per heavy atom. The van der Waals surface area contributed by atoms with Crippen LogP contribution in [-0.2, 0) is 16.6 Å². The van der Waals surface area contributed by atoms with Crippen molar-refractivity contribution in [3.05, 3.63) is 48.0 Å². The van der Waals surface area contributed by atoms with Gasteiger partial charge in [0.25, 0.3) is 0 Å². The fourth-order valence-corrected chi connectivity index (χ4v) is 3.15. The molecular formula is C17H18F3NO5S. The number of ether oxygens (including phenoxy) is 3. The molecule has 2 aromatic rings. The Bertz CT molecular complexity index is 867. The zero-order valence-corrected chi connectivity index (χ0v) is 15.4. The van der Waals surface area contributed by atoms with Crippen molar-refractivity contribution in [1.82, 2.24) is 4.72 Å². The predicted octanol–water partition coefficient (Wildman–Crippen LogP) is 3.12. The standard InChI is InChI=1S/C17H18F3NO5S/c1-24-15-8-7-14(9-16(15)25-2)27(22,23)21-10-12-3-5-13(6-4-12)26-11-17(18,19)20/h3-9,21H,10-11H2,1-2H3. The minimum atomic E-state index is -4.42. The van der Waals surface area contributed by atoms with Crippen molar-refractivity contribution < 1.29 is 35.8 Å². The van der Waals surface area contributed by atoms with Gasteiger partial charge in [0.15, 0.2) is 18.1 Å². The molecule has 0 amide bonds. The van der Waals surface area contributed by atoms with E-state index in [-0.39, 0.29) is 22.9 Å². The lowest BCUT2D eigenvalue weighted by molar-refractivity contribution is -0.153. The largest absolute Gasteiger partial charge is 0.493 e. The number of alkyl halides is 3. The number of sulfonamides is 1. The van der Waals surface area contributed by atoms with E-state index in [0.717, 1.165) is 0 Å². The van der Waals surface area contributed by atoms with Crippen LogP contribution >= 0.6 is 0 Å². The van der Waals surface area contributed by atoms with Crippen LogP contribution in [0.15, 0.2) is 47.4 Å². The van der Waals surface area contributed by atoms with E-state index in [9.17, 15) is 21.6 Å². The van der Waals surface area contributed by atoms with E-state index < -0.39 is 22.8 Å². The summed E-state index contributed by atoms with van der Waals surface area (Å²) >= 11 is 0. The SMILES string of the molecule is COc1ccc(S(=O)(=O)NCc2ccc(OCC(F)(F)F)cc2)cc1OC. The van der Waals surface area contributed by atoms with Gasteiger partial charge >= 0.3 is 6.18 Å². The van der Waals surface area contributed by atoms with Crippen LogP contribution in [0.3, 0.4) is 0 Å². The minimum Gasteiger partial charge on any atom is -0.493 e. The first-order chi connectivity index (χ1) is 12.6. The van der Waals surface area contributed by atoms with Gasteiger partial charge in [-0.1, -0.05) is 12.1 Å². The van der Waals surface area contributed by atoms with Gasteiger partial charge in [-0.25, -0.2) is 13.1 Å². The maximum absolute atomic E-state index is 12.4. The first kappa shape index (κ1) is 20.8. The number of rotatable bonds is 8. The highest BCUT2D eigenvalue weighted by atomic mass is 32.2. The minimum absolute atomic E-state index is 0.00900. The van der Waals surface area contributed by atoms with Crippen LogP contribution in [0.25, 0.3) is 0 Å². The summed E-state index contributed by atoms with van der Waals surface area (Å²) in [4.78, 5) is -0.00900. The predicted molar refractivity (Wildman–Crippen MR) is 91.6 cm³/mol. The van der Waals surface area contributed by atoms with Crippen LogP contribution < -0.4 is 18.9 Å². The summed E-state index contributed by atoms with van der Waals surface area (Å²) in [6.45, 7) is -1.44. The van der Waals surface area contributed by atoms with Crippen LogP contribution in [0.1, 0.15) is 5.56 Å². The highest BCUT2D eigenvalue weighted by Gasteiger charge is 2.28. The number of hydrogen-bond donors (Lipinski definition) is 1. The van der Waals surface area contributed by atoms with Crippen molar-refractivity contribution in [3.8, 4) is 17.2 Å². The second-order valence-corrected chi connectivity index (χ2v) is 7.16. The summed E-state index contributed by atoms with van der Waals surface area (Å²) in [7, 11) is -0.991. The molecule has 0 aliphatic rings. The van der Waals surface area contributed by atoms with Crippen LogP contribution in [-0.4, -0.2) is 35.4 Å². The molecule has 0 radical (unpaired) electrons. The average molecular weight is 405 g/mol. The Kier molecular flexibility index (Phi) is 6.55. The molecule has 0 saturated heterocycles. The van der Waals surface area contributed by atoms with E-state index in [4.69, 9.17) is 9.47 Å². The molecule has 2 rings (SSSR count). The van der Waals surface area contributed by atoms with E-state index in [1.807, 2.05) is 0 Å². The van der Waals surface area contributed by atoms with Crippen molar-refractivity contribution in [2.75, 3.05) is 20.8 Å². The number of benzene rings is 2. The van der Waals surface area contributed by atoms with Crippen LogP contribution in [0.5, 0.6) is 17.2 Å². The molecule has 0 aliphatic carbocycles. The van der Waals surface area contributed by atoms with Crippen LogP contribution in [0.4, 0.5) is 13.2 Å². The summed E-state index contributed by atoms with van der Waals surface area (Å²) in [5.41, 5.74) is 0.554. The lowest BCUT2D eigenvalue weighted by Crippen LogP contribution is -2.23. The van der Waals surface area contributed by atoms with Crippen LogP contribution in [0, 0.1) is 0 Å². The number of halogens is 3.